The van der Waals surface area contributed by atoms with Crippen molar-refractivity contribution in [3.05, 3.63) is 60.2 Å². The predicted octanol–water partition coefficient (Wildman–Crippen LogP) is 2.66. The molecule has 158 valence electrons. The number of fused-ring (bicyclic) bond motifs is 1. The summed E-state index contributed by atoms with van der Waals surface area (Å²) in [4.78, 5) is 36.8. The zero-order valence-corrected chi connectivity index (χ0v) is 16.7. The number of hydrogen-bond acceptors (Lipinski definition) is 6. The number of aromatic hydroxyl groups is 1. The number of rotatable bonds is 5. The van der Waals surface area contributed by atoms with E-state index in [0.717, 1.165) is 5.56 Å². The number of esters is 1. The molecule has 0 bridgehead atoms. The number of carbonyl (C=O) groups is 3. The van der Waals surface area contributed by atoms with Crippen LogP contribution in [0.2, 0.25) is 0 Å². The minimum absolute atomic E-state index is 0.0440. The van der Waals surface area contributed by atoms with Gasteiger partial charge in [-0.25, -0.2) is 0 Å². The van der Waals surface area contributed by atoms with Crippen molar-refractivity contribution in [2.24, 2.45) is 16.1 Å². The summed E-state index contributed by atoms with van der Waals surface area (Å²) >= 11 is 0. The van der Waals surface area contributed by atoms with E-state index >= 15 is 0 Å². The van der Waals surface area contributed by atoms with Gasteiger partial charge in [0.2, 0.25) is 11.8 Å². The van der Waals surface area contributed by atoms with Gasteiger partial charge in [-0.05, 0) is 11.6 Å². The molecule has 0 unspecified atom stereocenters. The van der Waals surface area contributed by atoms with E-state index in [1.165, 1.54) is 11.7 Å². The van der Waals surface area contributed by atoms with E-state index in [9.17, 15) is 19.5 Å². The number of methoxy groups -OCH3 is 1. The number of nitrogens with one attached hydrogen (secondary N) is 1. The smallest absolute Gasteiger partial charge is 0.325 e. The van der Waals surface area contributed by atoms with Crippen LogP contribution in [-0.4, -0.2) is 41.1 Å². The van der Waals surface area contributed by atoms with Gasteiger partial charge in [0.05, 0.1) is 12.6 Å². The largest absolute Gasteiger partial charge is 0.493 e. The van der Waals surface area contributed by atoms with Gasteiger partial charge in [-0.2, -0.15) is 0 Å². The average Bonchev–Trinajstić information content (AvgIpc) is 3.30. The number of aromatic nitrogens is 1. The van der Waals surface area contributed by atoms with Gasteiger partial charge < -0.3 is 15.2 Å². The predicted molar refractivity (Wildman–Crippen MR) is 111 cm³/mol. The highest BCUT2D eigenvalue weighted by Crippen LogP contribution is 2.39. The van der Waals surface area contributed by atoms with Crippen molar-refractivity contribution >= 4 is 34.4 Å². The standard InChI is InChI=1S/C22H20N4O5/c1-31-17(27)12-26-16-10-6-5-9-14(16)19(22(26)30)24-25-21(29)18-15(11-23-20(18)28)13-7-3-2-4-8-13/h2-10,15,18,30H,11-12H2,1H3,(H,23,28)/t15-,18-/m0/s1. The molecule has 9 heteroatoms. The van der Waals surface area contributed by atoms with Crippen LogP contribution in [0.5, 0.6) is 5.88 Å². The summed E-state index contributed by atoms with van der Waals surface area (Å²) in [7, 11) is 1.25. The molecule has 1 fully saturated rings. The normalized spacial score (nSPS) is 18.4. The van der Waals surface area contributed by atoms with Gasteiger partial charge in [0.15, 0.2) is 5.69 Å². The van der Waals surface area contributed by atoms with Crippen molar-refractivity contribution in [3.63, 3.8) is 0 Å². The molecular formula is C22H20N4O5. The lowest BCUT2D eigenvalue weighted by Crippen LogP contribution is -2.25. The van der Waals surface area contributed by atoms with Crippen LogP contribution in [0.3, 0.4) is 0 Å². The van der Waals surface area contributed by atoms with Crippen LogP contribution in [-0.2, 0) is 25.7 Å². The van der Waals surface area contributed by atoms with Gasteiger partial charge >= 0.3 is 5.97 Å². The van der Waals surface area contributed by atoms with E-state index < -0.39 is 23.7 Å². The first-order chi connectivity index (χ1) is 15.0. The van der Waals surface area contributed by atoms with Crippen molar-refractivity contribution in [1.29, 1.82) is 0 Å². The summed E-state index contributed by atoms with van der Waals surface area (Å²) in [5, 5.41) is 21.6. The maximum absolute atomic E-state index is 12.8. The van der Waals surface area contributed by atoms with Crippen LogP contribution < -0.4 is 5.32 Å². The maximum atomic E-state index is 12.8. The summed E-state index contributed by atoms with van der Waals surface area (Å²) in [6.07, 6.45) is 0. The van der Waals surface area contributed by atoms with Crippen LogP contribution in [0.1, 0.15) is 11.5 Å². The van der Waals surface area contributed by atoms with Crippen molar-refractivity contribution in [3.8, 4) is 5.88 Å². The number of azo groups is 1. The van der Waals surface area contributed by atoms with E-state index in [4.69, 9.17) is 0 Å². The molecule has 4 rings (SSSR count). The van der Waals surface area contributed by atoms with E-state index in [1.54, 1.807) is 24.3 Å². The van der Waals surface area contributed by atoms with Gasteiger partial charge in [0.1, 0.15) is 12.5 Å². The SMILES string of the molecule is COC(=O)Cn1c(O)c(N=NC(=O)[C@@H]2C(=O)NC[C@H]2c2ccccc2)c2ccccc21. The van der Waals surface area contributed by atoms with Gasteiger partial charge in [-0.1, -0.05) is 48.5 Å². The molecule has 0 saturated carbocycles. The highest BCUT2D eigenvalue weighted by Gasteiger charge is 2.41. The second kappa shape index (κ2) is 8.39. The van der Waals surface area contributed by atoms with Gasteiger partial charge in [0.25, 0.3) is 5.91 Å². The molecule has 2 aromatic carbocycles. The molecule has 2 heterocycles. The quantitative estimate of drug-likeness (QED) is 0.373. The number of hydrogen-bond donors (Lipinski definition) is 2. The second-order valence-electron chi connectivity index (χ2n) is 7.13. The first-order valence-electron chi connectivity index (χ1n) is 9.66. The lowest BCUT2D eigenvalue weighted by molar-refractivity contribution is -0.141. The molecule has 1 aliphatic heterocycles. The Morgan fingerprint density at radius 2 is 1.87 bits per heavy atom. The van der Waals surface area contributed by atoms with E-state index in [-0.39, 0.29) is 24.0 Å². The highest BCUT2D eigenvalue weighted by atomic mass is 16.5. The topological polar surface area (TPSA) is 122 Å². The molecule has 9 nitrogen and oxygen atoms in total. The lowest BCUT2D eigenvalue weighted by Gasteiger charge is -2.13. The fourth-order valence-electron chi connectivity index (χ4n) is 3.80. The molecule has 31 heavy (non-hydrogen) atoms. The zero-order valence-electron chi connectivity index (χ0n) is 16.7. The Morgan fingerprint density at radius 3 is 2.61 bits per heavy atom. The number of nitrogens with zero attached hydrogens (tertiary/aromatic N) is 3. The Balaban J connectivity index is 1.66. The van der Waals surface area contributed by atoms with Crippen LogP contribution in [0, 0.1) is 5.92 Å². The van der Waals surface area contributed by atoms with E-state index in [1.807, 2.05) is 30.3 Å². The van der Waals surface area contributed by atoms with Crippen LogP contribution >= 0.6 is 0 Å². The van der Waals surface area contributed by atoms with Gasteiger partial charge in [0, 0.05) is 17.8 Å². The van der Waals surface area contributed by atoms with E-state index in [2.05, 4.69) is 20.3 Å². The molecule has 1 aromatic heterocycles. The van der Waals surface area contributed by atoms with E-state index in [0.29, 0.717) is 17.4 Å². The summed E-state index contributed by atoms with van der Waals surface area (Å²) in [6.45, 7) is 0.103. The zero-order chi connectivity index (χ0) is 22.0. The lowest BCUT2D eigenvalue weighted by atomic mass is 9.88. The number of amides is 2. The van der Waals surface area contributed by atoms with Crippen molar-refractivity contribution in [2.75, 3.05) is 13.7 Å². The second-order valence-corrected chi connectivity index (χ2v) is 7.13. The number of benzene rings is 2. The Labute approximate surface area is 177 Å². The molecule has 2 amide bonds. The summed E-state index contributed by atoms with van der Waals surface area (Å²) in [5.41, 5.74) is 1.43. The summed E-state index contributed by atoms with van der Waals surface area (Å²) < 4.78 is 6.00. The first kappa shape index (κ1) is 20.3. The molecule has 0 aliphatic carbocycles. The Morgan fingerprint density at radius 1 is 1.16 bits per heavy atom. The highest BCUT2D eigenvalue weighted by molar-refractivity contribution is 6.03. The van der Waals surface area contributed by atoms with Crippen molar-refractivity contribution in [2.45, 2.75) is 12.5 Å². The molecular weight excluding hydrogens is 400 g/mol. The summed E-state index contributed by atoms with van der Waals surface area (Å²) in [6, 6.07) is 16.1. The van der Waals surface area contributed by atoms with Crippen LogP contribution in [0.25, 0.3) is 10.9 Å². The van der Waals surface area contributed by atoms with Gasteiger partial charge in [-0.3, -0.25) is 19.0 Å². The Bertz CT molecular complexity index is 1190. The molecule has 2 atom stereocenters. The molecule has 1 aliphatic rings. The first-order valence-corrected chi connectivity index (χ1v) is 9.66. The van der Waals surface area contributed by atoms with Crippen molar-refractivity contribution in [1.82, 2.24) is 9.88 Å². The third-order valence-corrected chi connectivity index (χ3v) is 5.36. The monoisotopic (exact) mass is 420 g/mol. The molecule has 0 spiro atoms. The maximum Gasteiger partial charge on any atom is 0.325 e. The Hall–Kier alpha value is -4.01. The van der Waals surface area contributed by atoms with Crippen LogP contribution in [0.15, 0.2) is 64.8 Å². The number of para-hydroxylation sites is 1. The Kier molecular flexibility index (Phi) is 5.48. The fraction of sp³-hybridized carbons (Fsp3) is 0.227. The molecule has 2 N–H and O–H groups in total. The average molecular weight is 420 g/mol. The number of carbonyl (C=O) groups excluding carboxylic acids is 3. The molecule has 1 saturated heterocycles. The minimum atomic E-state index is -1.00. The number of ether oxygens (including phenoxy) is 1. The fourth-order valence-corrected chi connectivity index (χ4v) is 3.80. The molecule has 3 aromatic rings. The minimum Gasteiger partial charge on any atom is -0.493 e. The third-order valence-electron chi connectivity index (χ3n) is 5.36. The summed E-state index contributed by atoms with van der Waals surface area (Å²) in [5.74, 6) is -3.34. The molecule has 0 radical (unpaired) electrons. The van der Waals surface area contributed by atoms with Gasteiger partial charge in [-0.15, -0.1) is 10.2 Å². The van der Waals surface area contributed by atoms with Crippen LogP contribution in [0.4, 0.5) is 5.69 Å². The third kappa shape index (κ3) is 3.77. The van der Waals surface area contributed by atoms with Crippen molar-refractivity contribution < 1.29 is 24.2 Å².